The lowest BCUT2D eigenvalue weighted by Gasteiger charge is -2.58. The van der Waals surface area contributed by atoms with E-state index in [9.17, 15) is 19.5 Å². The van der Waals surface area contributed by atoms with Crippen LogP contribution in [-0.4, -0.2) is 73.5 Å². The van der Waals surface area contributed by atoms with Crippen LogP contribution in [0.25, 0.3) is 0 Å². The highest BCUT2D eigenvalue weighted by Gasteiger charge is 2.77. The Hall–Kier alpha value is -2.57. The zero-order valence-corrected chi connectivity index (χ0v) is 19.0. The Kier molecular flexibility index (Phi) is 4.59. The molecular formula is C21H20N2O8S2. The molecule has 5 fully saturated rings. The molecule has 2 amide bonds. The van der Waals surface area contributed by atoms with Crippen LogP contribution < -0.4 is 0 Å². The highest BCUT2D eigenvalue weighted by Crippen LogP contribution is 2.69. The normalized spacial score (nSPS) is 39.8. The lowest BCUT2D eigenvalue weighted by atomic mass is 10.0. The molecule has 33 heavy (non-hydrogen) atoms. The van der Waals surface area contributed by atoms with Gasteiger partial charge in [-0.05, 0) is 30.2 Å². The molecule has 1 N–H and O–H groups in total. The van der Waals surface area contributed by atoms with Gasteiger partial charge in [0.05, 0.1) is 49.8 Å². The first-order valence-corrected chi connectivity index (χ1v) is 12.7. The molecule has 10 nitrogen and oxygen atoms in total. The first-order chi connectivity index (χ1) is 15.9. The topological polar surface area (TPSA) is 115 Å². The quantitative estimate of drug-likeness (QED) is 0.452. The number of nitrogens with zero attached hydrogens (tertiary/aromatic N) is 2. The van der Waals surface area contributed by atoms with Crippen molar-refractivity contribution in [3.63, 3.8) is 0 Å². The molecule has 2 bridgehead atoms. The summed E-state index contributed by atoms with van der Waals surface area (Å²) in [7, 11) is 2.68. The number of aliphatic hydroxyl groups is 1. The second-order valence-electron chi connectivity index (χ2n) is 8.40. The molecule has 7 aliphatic heterocycles. The number of rotatable bonds is 2. The standard InChI is InChI=1S/C21H20N2O8S2/c1-2-30-19(27)31-14-4-6-29-10-12-8-21-17(25)22-15-11(9-28-5-3-13(15)24)7-20(22,32-33-21)18(26)23(21)16(12)14/h3-6,9-10,13-16,24H,2,7-8H2,1H3/t13?,14?,15?,16?,20-,21-/m1/s1. The van der Waals surface area contributed by atoms with E-state index in [1.165, 1.54) is 57.6 Å². The number of fused-ring (bicyclic) bond motifs is 3. The third-order valence-corrected chi connectivity index (χ3v) is 10.2. The summed E-state index contributed by atoms with van der Waals surface area (Å²) in [4.78, 5) is 40.9. The predicted octanol–water partition coefficient (Wildman–Crippen LogP) is 1.75. The molecule has 0 aromatic heterocycles. The van der Waals surface area contributed by atoms with Gasteiger partial charge in [-0.2, -0.15) is 0 Å². The number of carbonyl (C=O) groups is 3. The average Bonchev–Trinajstić information content (AvgIpc) is 3.17. The summed E-state index contributed by atoms with van der Waals surface area (Å²) in [6, 6.07) is -1.40. The second kappa shape index (κ2) is 7.21. The number of hydrogen-bond acceptors (Lipinski definition) is 10. The number of carbonyl (C=O) groups excluding carboxylic acids is 3. The van der Waals surface area contributed by atoms with E-state index in [4.69, 9.17) is 18.9 Å². The van der Waals surface area contributed by atoms with Gasteiger partial charge in [0.15, 0.2) is 15.8 Å². The van der Waals surface area contributed by atoms with Crippen molar-refractivity contribution in [2.24, 2.45) is 0 Å². The molecule has 5 saturated heterocycles. The van der Waals surface area contributed by atoms with Gasteiger partial charge in [0.25, 0.3) is 11.8 Å². The molecule has 4 unspecified atom stereocenters. The monoisotopic (exact) mass is 492 g/mol. The van der Waals surface area contributed by atoms with E-state index < -0.39 is 40.2 Å². The summed E-state index contributed by atoms with van der Waals surface area (Å²) in [6.07, 6.45) is 6.50. The highest BCUT2D eigenvalue weighted by atomic mass is 33.1. The summed E-state index contributed by atoms with van der Waals surface area (Å²) in [5, 5.41) is 10.7. The predicted molar refractivity (Wildman–Crippen MR) is 116 cm³/mol. The minimum absolute atomic E-state index is 0.143. The van der Waals surface area contributed by atoms with Crippen LogP contribution in [-0.2, 0) is 28.5 Å². The van der Waals surface area contributed by atoms with E-state index >= 15 is 0 Å². The van der Waals surface area contributed by atoms with Crippen molar-refractivity contribution in [1.29, 1.82) is 0 Å². The van der Waals surface area contributed by atoms with Crippen molar-refractivity contribution in [2.45, 2.75) is 53.8 Å². The van der Waals surface area contributed by atoms with Gasteiger partial charge in [-0.1, -0.05) is 21.6 Å². The van der Waals surface area contributed by atoms with Crippen molar-refractivity contribution >= 4 is 39.6 Å². The zero-order chi connectivity index (χ0) is 23.0. The fraction of sp³-hybridized carbons (Fsp3) is 0.476. The molecule has 0 saturated carbocycles. The summed E-state index contributed by atoms with van der Waals surface area (Å²) >= 11 is 0. The minimum Gasteiger partial charge on any atom is -0.473 e. The van der Waals surface area contributed by atoms with Crippen molar-refractivity contribution < 1.29 is 38.4 Å². The molecular weight excluding hydrogens is 472 g/mol. The van der Waals surface area contributed by atoms with Crippen LogP contribution in [0.3, 0.4) is 0 Å². The van der Waals surface area contributed by atoms with Crippen LogP contribution in [0.5, 0.6) is 0 Å². The van der Waals surface area contributed by atoms with Crippen LogP contribution in [0.15, 0.2) is 48.3 Å². The fourth-order valence-corrected chi connectivity index (χ4v) is 9.12. The lowest BCUT2D eigenvalue weighted by Crippen LogP contribution is -2.77. The summed E-state index contributed by atoms with van der Waals surface area (Å²) in [5.41, 5.74) is 1.35. The lowest BCUT2D eigenvalue weighted by molar-refractivity contribution is -0.168. The van der Waals surface area contributed by atoms with Gasteiger partial charge >= 0.3 is 6.16 Å². The molecule has 0 aromatic carbocycles. The van der Waals surface area contributed by atoms with E-state index in [-0.39, 0.29) is 31.3 Å². The van der Waals surface area contributed by atoms with Crippen LogP contribution in [0.2, 0.25) is 0 Å². The minimum atomic E-state index is -1.24. The van der Waals surface area contributed by atoms with Gasteiger partial charge in [-0.15, -0.1) is 0 Å². The fourth-order valence-electron chi connectivity index (χ4n) is 5.41. The number of aliphatic hydroxyl groups excluding tert-OH is 1. The van der Waals surface area contributed by atoms with Crippen molar-refractivity contribution in [3.8, 4) is 0 Å². The molecule has 6 atom stereocenters. The average molecular weight is 493 g/mol. The Morgan fingerprint density at radius 1 is 1.06 bits per heavy atom. The molecule has 12 heteroatoms. The zero-order valence-electron chi connectivity index (χ0n) is 17.4. The number of hydrogen-bond donors (Lipinski definition) is 1. The molecule has 2 spiro atoms. The molecule has 0 aliphatic carbocycles. The SMILES string of the molecule is CCOC(=O)OC1C=COC=C2C[C@@]34SS[C@]5(CC6=COC=CC(O)C6N5C3=O)C(=O)N4C21. The van der Waals surface area contributed by atoms with Crippen LogP contribution >= 0.6 is 21.6 Å². The summed E-state index contributed by atoms with van der Waals surface area (Å²) in [6.45, 7) is 1.81. The number of ether oxygens (including phenoxy) is 4. The molecule has 7 aliphatic rings. The Labute approximate surface area is 196 Å². The van der Waals surface area contributed by atoms with Crippen molar-refractivity contribution in [3.05, 3.63) is 48.3 Å². The van der Waals surface area contributed by atoms with Gasteiger partial charge in [0, 0.05) is 12.8 Å². The Bertz CT molecular complexity index is 1070. The van der Waals surface area contributed by atoms with Gasteiger partial charge in [-0.3, -0.25) is 9.59 Å². The molecule has 174 valence electrons. The smallest absolute Gasteiger partial charge is 0.473 e. The molecule has 7 heterocycles. The third kappa shape index (κ3) is 2.65. The summed E-state index contributed by atoms with van der Waals surface area (Å²) < 4.78 is 21.2. The van der Waals surface area contributed by atoms with Gasteiger partial charge < -0.3 is 33.9 Å². The maximum Gasteiger partial charge on any atom is 0.508 e. The number of piperazine rings is 1. The van der Waals surface area contributed by atoms with E-state index in [1.807, 2.05) is 0 Å². The Morgan fingerprint density at radius 3 is 2.27 bits per heavy atom. The van der Waals surface area contributed by atoms with Crippen molar-refractivity contribution in [2.75, 3.05) is 6.61 Å². The van der Waals surface area contributed by atoms with Crippen LogP contribution in [0.1, 0.15) is 19.8 Å². The van der Waals surface area contributed by atoms with Gasteiger partial charge in [-0.25, -0.2) is 4.79 Å². The van der Waals surface area contributed by atoms with E-state index in [2.05, 4.69) is 0 Å². The Morgan fingerprint density at radius 2 is 1.64 bits per heavy atom. The van der Waals surface area contributed by atoms with E-state index in [0.717, 1.165) is 0 Å². The van der Waals surface area contributed by atoms with Crippen molar-refractivity contribution in [1.82, 2.24) is 9.80 Å². The van der Waals surface area contributed by atoms with Crippen LogP contribution in [0, 0.1) is 0 Å². The largest absolute Gasteiger partial charge is 0.508 e. The van der Waals surface area contributed by atoms with Gasteiger partial charge in [0.2, 0.25) is 0 Å². The molecule has 0 radical (unpaired) electrons. The molecule has 7 rings (SSSR count). The first kappa shape index (κ1) is 21.0. The Balaban J connectivity index is 1.44. The first-order valence-electron chi connectivity index (χ1n) is 10.5. The maximum atomic E-state index is 14.1. The number of amides is 2. The van der Waals surface area contributed by atoms with E-state index in [0.29, 0.717) is 11.1 Å². The maximum absolute atomic E-state index is 14.1. The second-order valence-corrected chi connectivity index (χ2v) is 11.1. The molecule has 0 aromatic rings. The third-order valence-electron chi connectivity index (χ3n) is 6.67. The summed E-state index contributed by atoms with van der Waals surface area (Å²) in [5.74, 6) is -0.529. The van der Waals surface area contributed by atoms with Gasteiger partial charge in [0.1, 0.15) is 0 Å². The van der Waals surface area contributed by atoms with Crippen LogP contribution in [0.4, 0.5) is 4.79 Å². The highest BCUT2D eigenvalue weighted by molar-refractivity contribution is 8.78. The van der Waals surface area contributed by atoms with E-state index in [1.54, 1.807) is 17.9 Å².